The van der Waals surface area contributed by atoms with Crippen molar-refractivity contribution in [3.63, 3.8) is 0 Å². The maximum absolute atomic E-state index is 12.8. The number of amides is 1. The van der Waals surface area contributed by atoms with Crippen LogP contribution in [-0.4, -0.2) is 20.7 Å². The summed E-state index contributed by atoms with van der Waals surface area (Å²) >= 11 is 7.22. The van der Waals surface area contributed by atoms with Crippen molar-refractivity contribution in [2.24, 2.45) is 0 Å². The molecule has 0 radical (unpaired) electrons. The van der Waals surface area contributed by atoms with Crippen LogP contribution < -0.4 is 10.9 Å². The van der Waals surface area contributed by atoms with Crippen LogP contribution in [0.1, 0.15) is 12.7 Å². The molecular weight excluding hydrogens is 386 g/mol. The molecule has 2 aromatic heterocycles. The van der Waals surface area contributed by atoms with Gasteiger partial charge in [-0.05, 0) is 37.3 Å². The lowest BCUT2D eigenvalue weighted by atomic mass is 10.2. The summed E-state index contributed by atoms with van der Waals surface area (Å²) < 4.78 is 6.70. The number of rotatable bonds is 7. The Balaban J connectivity index is 1.85. The lowest BCUT2D eigenvalue weighted by Crippen LogP contribution is -2.31. The van der Waals surface area contributed by atoms with Gasteiger partial charge in [0, 0.05) is 11.6 Å². The number of hydrogen-bond acceptors (Lipinski definition) is 5. The van der Waals surface area contributed by atoms with Gasteiger partial charge in [-0.2, -0.15) is 0 Å². The molecule has 1 N–H and O–H groups in total. The number of fused-ring (bicyclic) bond motifs is 1. The van der Waals surface area contributed by atoms with Gasteiger partial charge < -0.3 is 9.73 Å². The molecule has 1 amide bonds. The molecule has 1 unspecified atom stereocenters. The highest BCUT2D eigenvalue weighted by atomic mass is 35.5. The summed E-state index contributed by atoms with van der Waals surface area (Å²) in [6.07, 6.45) is 3.17. The summed E-state index contributed by atoms with van der Waals surface area (Å²) in [6, 6.07) is 8.53. The predicted molar refractivity (Wildman–Crippen MR) is 107 cm³/mol. The number of aromatic nitrogens is 2. The van der Waals surface area contributed by atoms with Crippen LogP contribution in [0.25, 0.3) is 10.9 Å². The molecule has 0 aliphatic carbocycles. The molecule has 0 saturated heterocycles. The van der Waals surface area contributed by atoms with E-state index in [1.165, 1.54) is 16.3 Å². The van der Waals surface area contributed by atoms with Crippen LogP contribution in [0.5, 0.6) is 0 Å². The Bertz CT molecular complexity index is 1030. The molecule has 1 aromatic carbocycles. The van der Waals surface area contributed by atoms with Gasteiger partial charge in [0.2, 0.25) is 5.91 Å². The quantitative estimate of drug-likeness (QED) is 0.370. The van der Waals surface area contributed by atoms with Crippen molar-refractivity contribution in [3.8, 4) is 0 Å². The number of hydrogen-bond donors (Lipinski definition) is 1. The van der Waals surface area contributed by atoms with Gasteiger partial charge in [0.25, 0.3) is 5.56 Å². The van der Waals surface area contributed by atoms with Crippen molar-refractivity contribution in [3.05, 3.63) is 70.4 Å². The van der Waals surface area contributed by atoms with Crippen molar-refractivity contribution < 1.29 is 9.21 Å². The highest BCUT2D eigenvalue weighted by molar-refractivity contribution is 8.00. The second kappa shape index (κ2) is 8.45. The third-order valence-electron chi connectivity index (χ3n) is 3.86. The highest BCUT2D eigenvalue weighted by Gasteiger charge is 2.19. The number of allylic oxidation sites excluding steroid dienone is 1. The summed E-state index contributed by atoms with van der Waals surface area (Å²) in [5, 5.41) is 3.72. The average Bonchev–Trinajstić information content (AvgIpc) is 3.17. The molecule has 1 atom stereocenters. The number of benzene rings is 1. The lowest BCUT2D eigenvalue weighted by molar-refractivity contribution is -0.120. The molecule has 0 aliphatic heterocycles. The van der Waals surface area contributed by atoms with Crippen LogP contribution in [0, 0.1) is 0 Å². The second-order valence-corrected chi connectivity index (χ2v) is 7.56. The van der Waals surface area contributed by atoms with Crippen molar-refractivity contribution in [2.75, 3.05) is 0 Å². The Hall–Kier alpha value is -2.51. The third-order valence-corrected chi connectivity index (χ3v) is 5.19. The predicted octanol–water partition coefficient (Wildman–Crippen LogP) is 3.63. The van der Waals surface area contributed by atoms with Crippen LogP contribution >= 0.6 is 23.4 Å². The normalized spacial score (nSPS) is 12.1. The third kappa shape index (κ3) is 4.43. The topological polar surface area (TPSA) is 77.1 Å². The Morgan fingerprint density at radius 2 is 2.30 bits per heavy atom. The van der Waals surface area contributed by atoms with Gasteiger partial charge >= 0.3 is 0 Å². The molecule has 0 bridgehead atoms. The Kier molecular flexibility index (Phi) is 6.03. The van der Waals surface area contributed by atoms with Gasteiger partial charge in [0.05, 0.1) is 29.0 Å². The molecule has 140 valence electrons. The van der Waals surface area contributed by atoms with Crippen LogP contribution in [0.15, 0.2) is 63.6 Å². The number of thioether (sulfide) groups is 1. The molecule has 6 nitrogen and oxygen atoms in total. The fraction of sp³-hybridized carbons (Fsp3) is 0.211. The molecule has 0 spiro atoms. The van der Waals surface area contributed by atoms with E-state index in [9.17, 15) is 9.59 Å². The largest absolute Gasteiger partial charge is 0.467 e. The SMILES string of the molecule is C=CCn1c(SC(C)C(=O)NCc2ccco2)nc2ccc(Cl)cc2c1=O. The molecule has 0 aliphatic rings. The van der Waals surface area contributed by atoms with Gasteiger partial charge in [0.15, 0.2) is 5.16 Å². The molecule has 3 aromatic rings. The number of carbonyl (C=O) groups excluding carboxylic acids is 1. The van der Waals surface area contributed by atoms with Crippen LogP contribution in [0.2, 0.25) is 5.02 Å². The van der Waals surface area contributed by atoms with E-state index < -0.39 is 5.25 Å². The fourth-order valence-corrected chi connectivity index (χ4v) is 3.61. The first kappa shape index (κ1) is 19.3. The average molecular weight is 404 g/mol. The van der Waals surface area contributed by atoms with E-state index >= 15 is 0 Å². The Labute approximate surface area is 165 Å². The van der Waals surface area contributed by atoms with E-state index in [0.29, 0.717) is 33.4 Å². The van der Waals surface area contributed by atoms with Gasteiger partial charge in [-0.25, -0.2) is 4.98 Å². The first-order valence-corrected chi connectivity index (χ1v) is 9.53. The first-order valence-electron chi connectivity index (χ1n) is 8.27. The zero-order valence-electron chi connectivity index (χ0n) is 14.6. The fourth-order valence-electron chi connectivity index (χ4n) is 2.50. The minimum atomic E-state index is -0.451. The lowest BCUT2D eigenvalue weighted by Gasteiger charge is -2.15. The van der Waals surface area contributed by atoms with Crippen molar-refractivity contribution in [1.29, 1.82) is 0 Å². The van der Waals surface area contributed by atoms with E-state index in [2.05, 4.69) is 16.9 Å². The van der Waals surface area contributed by atoms with Crippen LogP contribution in [-0.2, 0) is 17.9 Å². The molecule has 8 heteroatoms. The highest BCUT2D eigenvalue weighted by Crippen LogP contribution is 2.24. The number of nitrogens with zero attached hydrogens (tertiary/aromatic N) is 2. The van der Waals surface area contributed by atoms with Gasteiger partial charge in [-0.3, -0.25) is 14.2 Å². The van der Waals surface area contributed by atoms with Gasteiger partial charge in [-0.15, -0.1) is 6.58 Å². The smallest absolute Gasteiger partial charge is 0.262 e. The van der Waals surface area contributed by atoms with Crippen molar-refractivity contribution in [1.82, 2.24) is 14.9 Å². The zero-order valence-corrected chi connectivity index (χ0v) is 16.2. The van der Waals surface area contributed by atoms with E-state index in [4.69, 9.17) is 16.0 Å². The summed E-state index contributed by atoms with van der Waals surface area (Å²) in [4.78, 5) is 29.7. The van der Waals surface area contributed by atoms with Crippen molar-refractivity contribution in [2.45, 2.75) is 30.4 Å². The van der Waals surface area contributed by atoms with E-state index in [1.807, 2.05) is 0 Å². The summed E-state index contributed by atoms with van der Waals surface area (Å²) in [5.74, 6) is 0.497. The molecule has 0 saturated carbocycles. The molecule has 3 rings (SSSR count). The zero-order chi connectivity index (χ0) is 19.4. The maximum Gasteiger partial charge on any atom is 0.262 e. The van der Waals surface area contributed by atoms with Crippen molar-refractivity contribution >= 4 is 40.2 Å². The molecule has 2 heterocycles. The van der Waals surface area contributed by atoms with E-state index in [0.717, 1.165) is 0 Å². The standard InChI is InChI=1S/C19H18ClN3O3S/c1-3-8-23-18(25)15-10-13(20)6-7-16(15)22-19(23)27-12(2)17(24)21-11-14-5-4-9-26-14/h3-7,9-10,12H,1,8,11H2,2H3,(H,21,24). The minimum Gasteiger partial charge on any atom is -0.467 e. The molecule has 0 fully saturated rings. The van der Waals surface area contributed by atoms with Crippen LogP contribution in [0.3, 0.4) is 0 Å². The first-order chi connectivity index (χ1) is 13.0. The summed E-state index contributed by atoms with van der Waals surface area (Å²) in [6.45, 7) is 6.05. The monoisotopic (exact) mass is 403 g/mol. The number of furan rings is 1. The maximum atomic E-state index is 12.8. The molecular formula is C19H18ClN3O3S. The number of halogens is 1. The van der Waals surface area contributed by atoms with Crippen LogP contribution in [0.4, 0.5) is 0 Å². The summed E-state index contributed by atoms with van der Waals surface area (Å²) in [7, 11) is 0. The van der Waals surface area contributed by atoms with Gasteiger partial charge in [-0.1, -0.05) is 29.4 Å². The van der Waals surface area contributed by atoms with E-state index in [1.54, 1.807) is 49.6 Å². The minimum absolute atomic E-state index is 0.174. The Morgan fingerprint density at radius 1 is 1.48 bits per heavy atom. The Morgan fingerprint density at radius 3 is 3.00 bits per heavy atom. The molecule has 27 heavy (non-hydrogen) atoms. The number of carbonyl (C=O) groups is 1. The van der Waals surface area contributed by atoms with E-state index in [-0.39, 0.29) is 18.0 Å². The summed E-state index contributed by atoms with van der Waals surface area (Å²) in [5.41, 5.74) is 0.323. The second-order valence-electron chi connectivity index (χ2n) is 5.82. The van der Waals surface area contributed by atoms with Gasteiger partial charge in [0.1, 0.15) is 5.76 Å². The number of nitrogens with one attached hydrogen (secondary N) is 1.